The number of alkyl carbamates (subject to hydrolysis) is 1. The lowest BCUT2D eigenvalue weighted by molar-refractivity contribution is -0.137. The largest absolute Gasteiger partial charge is 0.463 e. The topological polar surface area (TPSA) is 64.6 Å². The molecule has 1 atom stereocenters. The van der Waals surface area contributed by atoms with Gasteiger partial charge in [0.2, 0.25) is 0 Å². The molecule has 0 heterocycles. The zero-order valence-electron chi connectivity index (χ0n) is 14.0. The smallest absolute Gasteiger partial charge is 0.407 e. The van der Waals surface area contributed by atoms with E-state index in [1.165, 1.54) is 6.08 Å². The molecule has 0 saturated carbocycles. The summed E-state index contributed by atoms with van der Waals surface area (Å²) in [4.78, 5) is 23.3. The van der Waals surface area contributed by atoms with Crippen molar-refractivity contribution >= 4 is 12.1 Å². The molecule has 1 unspecified atom stereocenters. The van der Waals surface area contributed by atoms with Crippen LogP contribution in [0.25, 0.3) is 0 Å². The number of nitrogens with one attached hydrogen (secondary N) is 1. The molecule has 0 aliphatic heterocycles. The van der Waals surface area contributed by atoms with Crippen molar-refractivity contribution in [1.29, 1.82) is 0 Å². The number of benzene rings is 1. The van der Waals surface area contributed by atoms with Crippen LogP contribution in [0.5, 0.6) is 0 Å². The highest BCUT2D eigenvalue weighted by molar-refractivity contribution is 5.82. The molecule has 0 radical (unpaired) electrons. The number of hydrogen-bond acceptors (Lipinski definition) is 4. The summed E-state index contributed by atoms with van der Waals surface area (Å²) in [5, 5.41) is 2.76. The van der Waals surface area contributed by atoms with E-state index < -0.39 is 12.1 Å². The molecule has 1 amide bonds. The molecule has 1 aromatic rings. The number of carbonyl (C=O) groups is 2. The highest BCUT2D eigenvalue weighted by Crippen LogP contribution is 2.07. The predicted molar refractivity (Wildman–Crippen MR) is 88.8 cm³/mol. The van der Waals surface area contributed by atoms with Crippen LogP contribution in [-0.4, -0.2) is 24.7 Å². The van der Waals surface area contributed by atoms with Gasteiger partial charge in [0.15, 0.2) is 0 Å². The van der Waals surface area contributed by atoms with Crippen LogP contribution < -0.4 is 5.32 Å². The number of hydrogen-bond donors (Lipinski definition) is 1. The van der Waals surface area contributed by atoms with Gasteiger partial charge in [-0.25, -0.2) is 9.59 Å². The summed E-state index contributed by atoms with van der Waals surface area (Å²) in [7, 11) is 0. The van der Waals surface area contributed by atoms with Crippen LogP contribution in [0, 0.1) is 5.92 Å². The minimum absolute atomic E-state index is 0.211. The van der Waals surface area contributed by atoms with Gasteiger partial charge in [-0.15, -0.1) is 0 Å². The van der Waals surface area contributed by atoms with E-state index in [4.69, 9.17) is 9.47 Å². The molecule has 1 aromatic carbocycles. The summed E-state index contributed by atoms with van der Waals surface area (Å²) in [5.41, 5.74) is 0.921. The number of carbonyl (C=O) groups excluding carboxylic acids is 2. The Labute approximate surface area is 137 Å². The second kappa shape index (κ2) is 10.4. The van der Waals surface area contributed by atoms with Gasteiger partial charge in [0, 0.05) is 6.08 Å². The third kappa shape index (κ3) is 8.66. The first-order valence-corrected chi connectivity index (χ1v) is 7.83. The molecule has 126 valence electrons. The van der Waals surface area contributed by atoms with Crippen molar-refractivity contribution in [3.8, 4) is 0 Å². The van der Waals surface area contributed by atoms with Gasteiger partial charge < -0.3 is 14.8 Å². The molecule has 5 nitrogen and oxygen atoms in total. The molecule has 0 aromatic heterocycles. The molecule has 0 bridgehead atoms. The fourth-order valence-corrected chi connectivity index (χ4v) is 1.99. The van der Waals surface area contributed by atoms with E-state index in [0.717, 1.165) is 5.56 Å². The first kappa shape index (κ1) is 18.7. The molecular formula is C18H25NO4. The molecule has 0 aliphatic carbocycles. The van der Waals surface area contributed by atoms with Crippen LogP contribution in [0.15, 0.2) is 42.5 Å². The van der Waals surface area contributed by atoms with Crippen LogP contribution in [-0.2, 0) is 20.9 Å². The fraction of sp³-hybridized carbons (Fsp3) is 0.444. The lowest BCUT2D eigenvalue weighted by Gasteiger charge is -2.17. The van der Waals surface area contributed by atoms with E-state index in [-0.39, 0.29) is 12.6 Å². The van der Waals surface area contributed by atoms with E-state index in [1.807, 2.05) is 44.2 Å². The second-order valence-electron chi connectivity index (χ2n) is 5.55. The molecule has 23 heavy (non-hydrogen) atoms. The third-order valence-corrected chi connectivity index (χ3v) is 2.99. The minimum Gasteiger partial charge on any atom is -0.463 e. The normalized spacial score (nSPS) is 12.2. The van der Waals surface area contributed by atoms with Crippen LogP contribution >= 0.6 is 0 Å². The Hall–Kier alpha value is -2.30. The van der Waals surface area contributed by atoms with E-state index in [2.05, 4.69) is 5.32 Å². The zero-order valence-corrected chi connectivity index (χ0v) is 14.0. The average molecular weight is 319 g/mol. The third-order valence-electron chi connectivity index (χ3n) is 2.99. The maximum atomic E-state index is 11.9. The number of ether oxygens (including phenoxy) is 2. The molecule has 0 aliphatic rings. The Morgan fingerprint density at radius 3 is 2.48 bits per heavy atom. The number of amides is 1. The van der Waals surface area contributed by atoms with Crippen LogP contribution in [0.1, 0.15) is 32.8 Å². The van der Waals surface area contributed by atoms with E-state index >= 15 is 0 Å². The van der Waals surface area contributed by atoms with Crippen molar-refractivity contribution in [2.75, 3.05) is 6.61 Å². The Kier molecular flexibility index (Phi) is 8.50. The Morgan fingerprint density at radius 1 is 1.17 bits per heavy atom. The summed E-state index contributed by atoms with van der Waals surface area (Å²) in [6, 6.07) is 9.19. The molecular weight excluding hydrogens is 294 g/mol. The SMILES string of the molecule is CCOC(=O)/C=C/C(CC(C)C)NC(=O)OCc1ccccc1. The van der Waals surface area contributed by atoms with Crippen molar-refractivity contribution in [3.63, 3.8) is 0 Å². The summed E-state index contributed by atoms with van der Waals surface area (Å²) < 4.78 is 10.0. The summed E-state index contributed by atoms with van der Waals surface area (Å²) in [5.74, 6) is -0.0537. The first-order chi connectivity index (χ1) is 11.0. The lowest BCUT2D eigenvalue weighted by atomic mass is 10.0. The fourth-order valence-electron chi connectivity index (χ4n) is 1.99. The van der Waals surface area contributed by atoms with E-state index in [0.29, 0.717) is 18.9 Å². The molecule has 1 rings (SSSR count). The van der Waals surface area contributed by atoms with Gasteiger partial charge in [-0.3, -0.25) is 0 Å². The monoisotopic (exact) mass is 319 g/mol. The molecule has 1 N–H and O–H groups in total. The van der Waals surface area contributed by atoms with Crippen molar-refractivity contribution in [2.45, 2.75) is 39.8 Å². The Morgan fingerprint density at radius 2 is 1.87 bits per heavy atom. The second-order valence-corrected chi connectivity index (χ2v) is 5.55. The van der Waals surface area contributed by atoms with Crippen molar-refractivity contribution in [1.82, 2.24) is 5.32 Å². The predicted octanol–water partition coefficient (Wildman–Crippen LogP) is 3.45. The van der Waals surface area contributed by atoms with Crippen LogP contribution in [0.4, 0.5) is 4.79 Å². The maximum absolute atomic E-state index is 11.9. The zero-order chi connectivity index (χ0) is 17.1. The van der Waals surface area contributed by atoms with E-state index in [1.54, 1.807) is 13.0 Å². The summed E-state index contributed by atoms with van der Waals surface area (Å²) in [6.07, 6.45) is 3.18. The van der Waals surface area contributed by atoms with E-state index in [9.17, 15) is 9.59 Å². The highest BCUT2D eigenvalue weighted by atomic mass is 16.5. The van der Waals surface area contributed by atoms with Crippen molar-refractivity contribution in [3.05, 3.63) is 48.0 Å². The first-order valence-electron chi connectivity index (χ1n) is 7.83. The van der Waals surface area contributed by atoms with Crippen molar-refractivity contribution < 1.29 is 19.1 Å². The number of rotatable bonds is 8. The molecule has 0 saturated heterocycles. The van der Waals surface area contributed by atoms with Crippen LogP contribution in [0.3, 0.4) is 0 Å². The number of esters is 1. The van der Waals surface area contributed by atoms with Crippen LogP contribution in [0.2, 0.25) is 0 Å². The lowest BCUT2D eigenvalue weighted by Crippen LogP contribution is -2.35. The van der Waals surface area contributed by atoms with Gasteiger partial charge >= 0.3 is 12.1 Å². The quantitative estimate of drug-likeness (QED) is 0.589. The van der Waals surface area contributed by atoms with Gasteiger partial charge in [0.25, 0.3) is 0 Å². The van der Waals surface area contributed by atoms with Gasteiger partial charge in [-0.05, 0) is 24.8 Å². The minimum atomic E-state index is -0.506. The maximum Gasteiger partial charge on any atom is 0.407 e. The van der Waals surface area contributed by atoms with Gasteiger partial charge in [0.05, 0.1) is 12.6 Å². The molecule has 0 spiro atoms. The van der Waals surface area contributed by atoms with Gasteiger partial charge in [0.1, 0.15) is 6.61 Å². The van der Waals surface area contributed by atoms with Gasteiger partial charge in [-0.1, -0.05) is 50.3 Å². The molecule has 5 heteroatoms. The van der Waals surface area contributed by atoms with Gasteiger partial charge in [-0.2, -0.15) is 0 Å². The summed E-state index contributed by atoms with van der Waals surface area (Å²) >= 11 is 0. The Bertz CT molecular complexity index is 511. The average Bonchev–Trinajstić information content (AvgIpc) is 2.51. The molecule has 0 fully saturated rings. The standard InChI is InChI=1S/C18H25NO4/c1-4-22-17(20)11-10-16(12-14(2)3)19-18(21)23-13-15-8-6-5-7-9-15/h5-11,14,16H,4,12-13H2,1-3H3,(H,19,21)/b11-10+. The Balaban J connectivity index is 2.51. The highest BCUT2D eigenvalue weighted by Gasteiger charge is 2.13. The van der Waals surface area contributed by atoms with Crippen molar-refractivity contribution in [2.24, 2.45) is 5.92 Å². The summed E-state index contributed by atoms with van der Waals surface area (Å²) in [6.45, 7) is 6.37.